The highest BCUT2D eigenvalue weighted by Gasteiger charge is 2.42. The second kappa shape index (κ2) is 6.13. The molecule has 0 unspecified atom stereocenters. The van der Waals surface area contributed by atoms with Crippen molar-refractivity contribution < 1.29 is 9.90 Å². The predicted molar refractivity (Wildman–Crippen MR) is 81.2 cm³/mol. The molecule has 0 aliphatic heterocycles. The van der Waals surface area contributed by atoms with Crippen LogP contribution in [0.5, 0.6) is 0 Å². The van der Waals surface area contributed by atoms with Crippen molar-refractivity contribution in [2.45, 2.75) is 19.8 Å². The van der Waals surface area contributed by atoms with Crippen LogP contribution in [0.1, 0.15) is 19.8 Å². The molecule has 2 amide bonds. The molecular weight excluding hydrogens is 254 g/mol. The van der Waals surface area contributed by atoms with Gasteiger partial charge in [0.05, 0.1) is 18.0 Å². The van der Waals surface area contributed by atoms with Gasteiger partial charge in [-0.15, -0.1) is 0 Å². The van der Waals surface area contributed by atoms with E-state index in [9.17, 15) is 9.90 Å². The summed E-state index contributed by atoms with van der Waals surface area (Å²) in [6.07, 6.45) is 1.97. The topological polar surface area (TPSA) is 64.6 Å². The molecule has 1 saturated carbocycles. The largest absolute Gasteiger partial charge is 0.396 e. The lowest BCUT2D eigenvalue weighted by molar-refractivity contribution is 0.206. The van der Waals surface area contributed by atoms with Gasteiger partial charge in [0.15, 0.2) is 0 Å². The third kappa shape index (κ3) is 3.42. The Morgan fingerprint density at radius 1 is 1.40 bits per heavy atom. The van der Waals surface area contributed by atoms with Crippen molar-refractivity contribution in [1.29, 1.82) is 0 Å². The van der Waals surface area contributed by atoms with Gasteiger partial charge < -0.3 is 20.6 Å². The van der Waals surface area contributed by atoms with Gasteiger partial charge in [-0.2, -0.15) is 0 Å². The lowest BCUT2D eigenvalue weighted by Crippen LogP contribution is -2.35. The zero-order chi connectivity index (χ0) is 14.6. The van der Waals surface area contributed by atoms with E-state index in [1.165, 1.54) is 0 Å². The number of hydrogen-bond acceptors (Lipinski definition) is 3. The van der Waals surface area contributed by atoms with Crippen molar-refractivity contribution in [3.8, 4) is 0 Å². The SMILES string of the molecule is CCN(C)c1ccccc1NC(=O)NCC1(CO)CC1. The fourth-order valence-corrected chi connectivity index (χ4v) is 2.08. The van der Waals surface area contributed by atoms with Gasteiger partial charge in [0.2, 0.25) is 0 Å². The minimum absolute atomic E-state index is 0.0724. The number of carbonyl (C=O) groups excluding carboxylic acids is 1. The van der Waals surface area contributed by atoms with E-state index in [2.05, 4.69) is 22.5 Å². The first kappa shape index (κ1) is 14.7. The van der Waals surface area contributed by atoms with Gasteiger partial charge in [0, 0.05) is 25.6 Å². The molecule has 3 N–H and O–H groups in total. The first-order valence-electron chi connectivity index (χ1n) is 7.06. The van der Waals surface area contributed by atoms with E-state index in [1.54, 1.807) is 0 Å². The van der Waals surface area contributed by atoms with Gasteiger partial charge in [-0.1, -0.05) is 12.1 Å². The molecule has 1 fully saturated rings. The first-order valence-corrected chi connectivity index (χ1v) is 7.06. The van der Waals surface area contributed by atoms with Gasteiger partial charge in [0.25, 0.3) is 0 Å². The van der Waals surface area contributed by atoms with Crippen LogP contribution in [0, 0.1) is 5.41 Å². The van der Waals surface area contributed by atoms with Crippen molar-refractivity contribution in [3.63, 3.8) is 0 Å². The Morgan fingerprint density at radius 3 is 2.70 bits per heavy atom. The standard InChI is InChI=1S/C15H23N3O2/c1-3-18(2)13-7-5-4-6-12(13)17-14(20)16-10-15(11-19)8-9-15/h4-7,19H,3,8-11H2,1-2H3,(H2,16,17,20). The zero-order valence-corrected chi connectivity index (χ0v) is 12.1. The minimum atomic E-state index is -0.221. The number of carbonyl (C=O) groups is 1. The molecule has 110 valence electrons. The lowest BCUT2D eigenvalue weighted by atomic mass is 10.1. The van der Waals surface area contributed by atoms with Gasteiger partial charge in [0.1, 0.15) is 0 Å². The molecule has 0 aromatic heterocycles. The van der Waals surface area contributed by atoms with Crippen LogP contribution in [0.2, 0.25) is 0 Å². The number of hydrogen-bond donors (Lipinski definition) is 3. The normalized spacial score (nSPS) is 15.6. The Kier molecular flexibility index (Phi) is 4.49. The molecule has 1 aliphatic carbocycles. The van der Waals surface area contributed by atoms with Crippen LogP contribution in [0.25, 0.3) is 0 Å². The molecule has 1 aliphatic rings. The van der Waals surface area contributed by atoms with Gasteiger partial charge in [-0.05, 0) is 31.9 Å². The van der Waals surface area contributed by atoms with E-state index in [-0.39, 0.29) is 18.1 Å². The monoisotopic (exact) mass is 277 g/mol. The summed E-state index contributed by atoms with van der Waals surface area (Å²) in [6, 6.07) is 7.51. The fraction of sp³-hybridized carbons (Fsp3) is 0.533. The second-order valence-electron chi connectivity index (χ2n) is 5.50. The molecule has 0 heterocycles. The van der Waals surface area contributed by atoms with Crippen molar-refractivity contribution in [2.24, 2.45) is 5.41 Å². The van der Waals surface area contributed by atoms with E-state index >= 15 is 0 Å². The number of amides is 2. The average Bonchev–Trinajstić information content (AvgIpc) is 3.25. The van der Waals surface area contributed by atoms with Crippen LogP contribution < -0.4 is 15.5 Å². The highest BCUT2D eigenvalue weighted by atomic mass is 16.3. The molecule has 0 bridgehead atoms. The Hall–Kier alpha value is -1.75. The zero-order valence-electron chi connectivity index (χ0n) is 12.1. The van der Waals surface area contributed by atoms with E-state index in [0.717, 1.165) is 30.8 Å². The number of urea groups is 1. The number of para-hydroxylation sites is 2. The molecule has 0 spiro atoms. The smallest absolute Gasteiger partial charge is 0.319 e. The maximum absolute atomic E-state index is 11.9. The molecule has 0 radical (unpaired) electrons. The highest BCUT2D eigenvalue weighted by molar-refractivity contribution is 5.93. The second-order valence-corrected chi connectivity index (χ2v) is 5.50. The molecule has 2 rings (SSSR count). The lowest BCUT2D eigenvalue weighted by Gasteiger charge is -2.21. The highest BCUT2D eigenvalue weighted by Crippen LogP contribution is 2.44. The van der Waals surface area contributed by atoms with E-state index in [0.29, 0.717) is 6.54 Å². The molecule has 0 atom stereocenters. The maximum Gasteiger partial charge on any atom is 0.319 e. The van der Waals surface area contributed by atoms with Gasteiger partial charge >= 0.3 is 6.03 Å². The summed E-state index contributed by atoms with van der Waals surface area (Å²) in [5.41, 5.74) is 1.72. The van der Waals surface area contributed by atoms with Crippen molar-refractivity contribution >= 4 is 17.4 Å². The fourth-order valence-electron chi connectivity index (χ4n) is 2.08. The molecule has 5 nitrogen and oxygen atoms in total. The average molecular weight is 277 g/mol. The molecular formula is C15H23N3O2. The van der Waals surface area contributed by atoms with Crippen LogP contribution in [0.3, 0.4) is 0 Å². The number of nitrogens with zero attached hydrogens (tertiary/aromatic N) is 1. The van der Waals surface area contributed by atoms with E-state index in [1.807, 2.05) is 31.3 Å². The summed E-state index contributed by atoms with van der Waals surface area (Å²) in [4.78, 5) is 14.0. The van der Waals surface area contributed by atoms with Gasteiger partial charge in [-0.3, -0.25) is 0 Å². The molecule has 0 saturated heterocycles. The summed E-state index contributed by atoms with van der Waals surface area (Å²) in [5, 5.41) is 14.9. The first-order chi connectivity index (χ1) is 9.60. The minimum Gasteiger partial charge on any atom is -0.396 e. The van der Waals surface area contributed by atoms with Crippen LogP contribution in [-0.4, -0.2) is 37.9 Å². The van der Waals surface area contributed by atoms with Crippen molar-refractivity contribution in [2.75, 3.05) is 37.0 Å². The molecule has 1 aromatic rings. The van der Waals surface area contributed by atoms with Crippen LogP contribution in [0.15, 0.2) is 24.3 Å². The summed E-state index contributed by atoms with van der Waals surface area (Å²) in [6.45, 7) is 3.60. The molecule has 5 heteroatoms. The van der Waals surface area contributed by atoms with Crippen LogP contribution in [0.4, 0.5) is 16.2 Å². The van der Waals surface area contributed by atoms with Crippen LogP contribution in [-0.2, 0) is 0 Å². The van der Waals surface area contributed by atoms with Crippen LogP contribution >= 0.6 is 0 Å². The Labute approximate surface area is 120 Å². The van der Waals surface area contributed by atoms with Crippen molar-refractivity contribution in [1.82, 2.24) is 5.32 Å². The number of aliphatic hydroxyl groups excluding tert-OH is 1. The quantitative estimate of drug-likeness (QED) is 0.745. The number of benzene rings is 1. The molecule has 1 aromatic carbocycles. The van der Waals surface area contributed by atoms with E-state index in [4.69, 9.17) is 0 Å². The van der Waals surface area contributed by atoms with Gasteiger partial charge in [-0.25, -0.2) is 4.79 Å². The summed E-state index contributed by atoms with van der Waals surface area (Å²) >= 11 is 0. The third-order valence-electron chi connectivity index (χ3n) is 3.95. The van der Waals surface area contributed by atoms with E-state index < -0.39 is 0 Å². The Balaban J connectivity index is 1.94. The predicted octanol–water partition coefficient (Wildman–Crippen LogP) is 2.04. The van der Waals surface area contributed by atoms with Crippen molar-refractivity contribution in [3.05, 3.63) is 24.3 Å². The maximum atomic E-state index is 11.9. The Morgan fingerprint density at radius 2 is 2.10 bits per heavy atom. The summed E-state index contributed by atoms with van der Waals surface area (Å²) in [5.74, 6) is 0. The summed E-state index contributed by atoms with van der Waals surface area (Å²) < 4.78 is 0. The number of nitrogens with one attached hydrogen (secondary N) is 2. The number of aliphatic hydroxyl groups is 1. The number of rotatable bonds is 6. The summed E-state index contributed by atoms with van der Waals surface area (Å²) in [7, 11) is 1.99. The third-order valence-corrected chi connectivity index (χ3v) is 3.95. The molecule has 20 heavy (non-hydrogen) atoms. The number of anilines is 2. The Bertz CT molecular complexity index is 472.